The summed E-state index contributed by atoms with van der Waals surface area (Å²) in [5.41, 5.74) is 2.89. The topological polar surface area (TPSA) is 21.3 Å². The van der Waals surface area contributed by atoms with Gasteiger partial charge < -0.3 is 10.1 Å². The summed E-state index contributed by atoms with van der Waals surface area (Å²) >= 11 is 4.22. The van der Waals surface area contributed by atoms with Gasteiger partial charge in [0.15, 0.2) is 0 Å². The van der Waals surface area contributed by atoms with Crippen LogP contribution in [0.25, 0.3) is 0 Å². The van der Waals surface area contributed by atoms with Gasteiger partial charge in [-0.05, 0) is 31.0 Å². The Hall–Kier alpha value is -0.160. The van der Waals surface area contributed by atoms with Crippen LogP contribution < -0.4 is 5.32 Å². The number of rotatable bonds is 4. The first-order valence-electron chi connectivity index (χ1n) is 7.44. The molecule has 0 saturated carbocycles. The number of hydrogen-bond acceptors (Lipinski definition) is 4. The molecule has 0 aliphatic carbocycles. The van der Waals surface area contributed by atoms with Crippen LogP contribution in [0.2, 0.25) is 0 Å². The first kappa shape index (κ1) is 14.8. The number of nitrogens with one attached hydrogen (secondary N) is 1. The second-order valence-corrected chi connectivity index (χ2v) is 7.92. The Morgan fingerprint density at radius 1 is 1.35 bits per heavy atom. The number of fused-ring (bicyclic) bond motifs is 1. The molecule has 0 spiro atoms. The Balaban J connectivity index is 1.70. The number of benzene rings is 1. The lowest BCUT2D eigenvalue weighted by molar-refractivity contribution is 0.0302. The van der Waals surface area contributed by atoms with E-state index < -0.39 is 0 Å². The Bertz CT molecular complexity index is 434. The average molecular weight is 310 g/mol. The van der Waals surface area contributed by atoms with Crippen molar-refractivity contribution in [2.75, 3.05) is 30.9 Å². The summed E-state index contributed by atoms with van der Waals surface area (Å²) in [4.78, 5) is 0. The Morgan fingerprint density at radius 3 is 3.05 bits per heavy atom. The summed E-state index contributed by atoms with van der Waals surface area (Å²) < 4.78 is 6.07. The van der Waals surface area contributed by atoms with Crippen molar-refractivity contribution in [2.45, 2.75) is 30.2 Å². The molecule has 2 aliphatic heterocycles. The number of ether oxygens (including phenoxy) is 1. The Morgan fingerprint density at radius 2 is 2.25 bits per heavy atom. The van der Waals surface area contributed by atoms with Crippen molar-refractivity contribution in [1.29, 1.82) is 0 Å². The molecule has 2 nitrogen and oxygen atoms in total. The van der Waals surface area contributed by atoms with E-state index in [-0.39, 0.29) is 6.10 Å². The summed E-state index contributed by atoms with van der Waals surface area (Å²) in [7, 11) is 2.10. The molecule has 4 heteroatoms. The molecule has 1 aromatic carbocycles. The Kier molecular flexibility index (Phi) is 5.32. The molecule has 0 bridgehead atoms. The van der Waals surface area contributed by atoms with E-state index in [0.717, 1.165) is 24.7 Å². The zero-order valence-electron chi connectivity index (χ0n) is 12.0. The van der Waals surface area contributed by atoms with Gasteiger partial charge in [-0.15, -0.1) is 0 Å². The number of hydrogen-bond donors (Lipinski definition) is 1. The number of thioether (sulfide) groups is 2. The van der Waals surface area contributed by atoms with Crippen molar-refractivity contribution in [2.24, 2.45) is 0 Å². The molecule has 3 unspecified atom stereocenters. The predicted octanol–water partition coefficient (Wildman–Crippen LogP) is 3.13. The molecule has 0 aromatic heterocycles. The molecule has 0 amide bonds. The molecule has 1 saturated heterocycles. The summed E-state index contributed by atoms with van der Waals surface area (Å²) in [6.45, 7) is 0.866. The lowest BCUT2D eigenvalue weighted by Crippen LogP contribution is -2.41. The molecule has 3 atom stereocenters. The molecule has 1 N–H and O–H groups in total. The van der Waals surface area contributed by atoms with E-state index in [1.54, 1.807) is 0 Å². The highest BCUT2D eigenvalue weighted by molar-refractivity contribution is 8.06. The SMILES string of the molecule is CNC(CC1OCCc2ccccc21)C1CSCCS1. The molecule has 3 rings (SSSR count). The summed E-state index contributed by atoms with van der Waals surface area (Å²) in [6.07, 6.45) is 2.42. The third kappa shape index (κ3) is 3.35. The fraction of sp³-hybridized carbons (Fsp3) is 0.625. The van der Waals surface area contributed by atoms with Crippen LogP contribution in [0.5, 0.6) is 0 Å². The van der Waals surface area contributed by atoms with E-state index in [2.05, 4.69) is 60.2 Å². The van der Waals surface area contributed by atoms with Crippen LogP contribution in [0.3, 0.4) is 0 Å². The Labute approximate surface area is 130 Å². The van der Waals surface area contributed by atoms with Gasteiger partial charge in [-0.2, -0.15) is 23.5 Å². The first-order chi connectivity index (χ1) is 9.88. The molecule has 1 aromatic rings. The third-order valence-electron chi connectivity index (χ3n) is 4.22. The maximum Gasteiger partial charge on any atom is 0.0843 e. The van der Waals surface area contributed by atoms with Gasteiger partial charge in [0, 0.05) is 28.6 Å². The van der Waals surface area contributed by atoms with Crippen molar-refractivity contribution in [3.05, 3.63) is 35.4 Å². The molecule has 1 fully saturated rings. The zero-order valence-corrected chi connectivity index (χ0v) is 13.6. The molecular weight excluding hydrogens is 286 g/mol. The molecular formula is C16H23NOS2. The highest BCUT2D eigenvalue weighted by Crippen LogP contribution is 2.34. The predicted molar refractivity (Wildman–Crippen MR) is 89.9 cm³/mol. The van der Waals surface area contributed by atoms with Crippen LogP contribution in [0.15, 0.2) is 24.3 Å². The van der Waals surface area contributed by atoms with Gasteiger partial charge in [-0.25, -0.2) is 0 Å². The van der Waals surface area contributed by atoms with Gasteiger partial charge in [0.25, 0.3) is 0 Å². The lowest BCUT2D eigenvalue weighted by atomic mass is 9.93. The van der Waals surface area contributed by atoms with E-state index in [4.69, 9.17) is 4.74 Å². The van der Waals surface area contributed by atoms with Gasteiger partial charge in [0.05, 0.1) is 12.7 Å². The molecule has 20 heavy (non-hydrogen) atoms. The van der Waals surface area contributed by atoms with Crippen molar-refractivity contribution < 1.29 is 4.74 Å². The van der Waals surface area contributed by atoms with E-state index in [0.29, 0.717) is 6.04 Å². The van der Waals surface area contributed by atoms with Crippen LogP contribution in [0.4, 0.5) is 0 Å². The van der Waals surface area contributed by atoms with E-state index >= 15 is 0 Å². The van der Waals surface area contributed by atoms with Crippen LogP contribution in [-0.4, -0.2) is 42.2 Å². The highest BCUT2D eigenvalue weighted by Gasteiger charge is 2.29. The summed E-state index contributed by atoms with van der Waals surface area (Å²) in [5.74, 6) is 3.86. The molecule has 2 heterocycles. The monoisotopic (exact) mass is 309 g/mol. The smallest absolute Gasteiger partial charge is 0.0843 e. The minimum absolute atomic E-state index is 0.268. The second kappa shape index (κ2) is 7.21. The van der Waals surface area contributed by atoms with Crippen molar-refractivity contribution in [3.63, 3.8) is 0 Å². The van der Waals surface area contributed by atoms with Crippen LogP contribution in [0.1, 0.15) is 23.7 Å². The molecule has 110 valence electrons. The maximum absolute atomic E-state index is 6.07. The lowest BCUT2D eigenvalue weighted by Gasteiger charge is -2.34. The average Bonchev–Trinajstić information content (AvgIpc) is 2.53. The fourth-order valence-electron chi connectivity index (χ4n) is 3.10. The normalized spacial score (nSPS) is 27.9. The van der Waals surface area contributed by atoms with E-state index in [1.807, 2.05) is 0 Å². The van der Waals surface area contributed by atoms with Crippen LogP contribution in [0, 0.1) is 0 Å². The minimum atomic E-state index is 0.268. The van der Waals surface area contributed by atoms with Gasteiger partial charge in [0.1, 0.15) is 0 Å². The van der Waals surface area contributed by atoms with Gasteiger partial charge in [-0.1, -0.05) is 24.3 Å². The standard InChI is InChI=1S/C16H23NOS2/c1-17-14(16-11-19-8-9-20-16)10-15-13-5-3-2-4-12(13)6-7-18-15/h2-5,14-17H,6-11H2,1H3. The first-order valence-corrected chi connectivity index (χ1v) is 9.65. The summed E-state index contributed by atoms with van der Waals surface area (Å²) in [5, 5.41) is 4.25. The van der Waals surface area contributed by atoms with Gasteiger partial charge in [-0.3, -0.25) is 0 Å². The molecule has 2 aliphatic rings. The molecule has 0 radical (unpaired) electrons. The van der Waals surface area contributed by atoms with E-state index in [1.165, 1.54) is 28.4 Å². The second-order valence-electron chi connectivity index (χ2n) is 5.42. The highest BCUT2D eigenvalue weighted by atomic mass is 32.2. The summed E-state index contributed by atoms with van der Waals surface area (Å²) in [6, 6.07) is 9.33. The minimum Gasteiger partial charge on any atom is -0.373 e. The van der Waals surface area contributed by atoms with Crippen molar-refractivity contribution >= 4 is 23.5 Å². The van der Waals surface area contributed by atoms with Crippen LogP contribution >= 0.6 is 23.5 Å². The third-order valence-corrected chi connectivity index (χ3v) is 7.14. The van der Waals surface area contributed by atoms with E-state index in [9.17, 15) is 0 Å². The zero-order chi connectivity index (χ0) is 13.8. The van der Waals surface area contributed by atoms with Crippen molar-refractivity contribution in [1.82, 2.24) is 5.32 Å². The largest absolute Gasteiger partial charge is 0.373 e. The maximum atomic E-state index is 6.07. The van der Waals surface area contributed by atoms with Gasteiger partial charge >= 0.3 is 0 Å². The van der Waals surface area contributed by atoms with Gasteiger partial charge in [0.2, 0.25) is 0 Å². The quantitative estimate of drug-likeness (QED) is 0.922. The van der Waals surface area contributed by atoms with Crippen LogP contribution in [-0.2, 0) is 11.2 Å². The fourth-order valence-corrected chi connectivity index (χ4v) is 6.04. The van der Waals surface area contributed by atoms with Crippen molar-refractivity contribution in [3.8, 4) is 0 Å².